The van der Waals surface area contributed by atoms with Gasteiger partial charge < -0.3 is 15.4 Å². The zero-order chi connectivity index (χ0) is 22.5. The number of carbonyl (C=O) groups excluding carboxylic acids is 2. The van der Waals surface area contributed by atoms with Gasteiger partial charge in [-0.3, -0.25) is 28.8 Å². The summed E-state index contributed by atoms with van der Waals surface area (Å²) in [6.07, 6.45) is 0. The molecule has 1 aliphatic rings. The van der Waals surface area contributed by atoms with E-state index in [1.807, 2.05) is 4.90 Å². The number of H-pyrrole nitrogens is 1. The van der Waals surface area contributed by atoms with E-state index in [2.05, 4.69) is 4.98 Å². The highest BCUT2D eigenvalue weighted by molar-refractivity contribution is 6.30. The fourth-order valence-corrected chi connectivity index (χ4v) is 3.65. The van der Waals surface area contributed by atoms with Gasteiger partial charge in [-0.2, -0.15) is 0 Å². The van der Waals surface area contributed by atoms with Gasteiger partial charge in [0, 0.05) is 43.9 Å². The Hall–Kier alpha value is -2.95. The van der Waals surface area contributed by atoms with E-state index in [0.29, 0.717) is 36.8 Å². The molecule has 0 bridgehead atoms. The van der Waals surface area contributed by atoms with Crippen LogP contribution in [-0.4, -0.2) is 77.5 Å². The number of nitrogens with one attached hydrogen (secondary N) is 1. The van der Waals surface area contributed by atoms with Crippen LogP contribution in [0.1, 0.15) is 20.7 Å². The third-order valence-corrected chi connectivity index (χ3v) is 5.37. The van der Waals surface area contributed by atoms with Gasteiger partial charge >= 0.3 is 5.69 Å². The average Bonchev–Trinajstić information content (AvgIpc) is 2.73. The first kappa shape index (κ1) is 22.7. The molecule has 1 aromatic heterocycles. The Bertz CT molecular complexity index is 1090. The van der Waals surface area contributed by atoms with Crippen LogP contribution in [0.15, 0.2) is 33.9 Å². The van der Waals surface area contributed by atoms with E-state index in [0.717, 1.165) is 4.57 Å². The molecule has 2 aromatic rings. The molecule has 166 valence electrons. The minimum Gasteiger partial charge on any atom is -0.384 e. The quantitative estimate of drug-likeness (QED) is 0.571. The summed E-state index contributed by atoms with van der Waals surface area (Å²) in [7, 11) is 1.47. The lowest BCUT2D eigenvalue weighted by Crippen LogP contribution is -2.50. The fraction of sp³-hybridized carbons (Fsp3) is 0.400. The molecular weight excluding hydrogens is 426 g/mol. The summed E-state index contributed by atoms with van der Waals surface area (Å²) in [5, 5.41) is 0.490. The summed E-state index contributed by atoms with van der Waals surface area (Å²) in [6, 6.07) is 6.75. The number of aromatic nitrogens is 2. The number of ether oxygens (including phenoxy) is 1. The van der Waals surface area contributed by atoms with Gasteiger partial charge in [-0.1, -0.05) is 17.7 Å². The van der Waals surface area contributed by atoms with Crippen LogP contribution in [0.5, 0.6) is 0 Å². The summed E-state index contributed by atoms with van der Waals surface area (Å²) in [5.41, 5.74) is 4.72. The molecule has 0 spiro atoms. The van der Waals surface area contributed by atoms with Gasteiger partial charge in [0.25, 0.3) is 11.5 Å². The maximum absolute atomic E-state index is 12.8. The first-order valence-corrected chi connectivity index (χ1v) is 10.1. The Morgan fingerprint density at radius 1 is 1.19 bits per heavy atom. The molecule has 11 heteroatoms. The van der Waals surface area contributed by atoms with Crippen molar-refractivity contribution >= 4 is 29.1 Å². The predicted molar refractivity (Wildman–Crippen MR) is 116 cm³/mol. The lowest BCUT2D eigenvalue weighted by molar-refractivity contribution is 0.0624. The van der Waals surface area contributed by atoms with Crippen molar-refractivity contribution in [2.45, 2.75) is 6.54 Å². The van der Waals surface area contributed by atoms with Crippen molar-refractivity contribution in [2.75, 3.05) is 52.2 Å². The van der Waals surface area contributed by atoms with Crippen LogP contribution in [0.2, 0.25) is 5.02 Å². The number of Topliss-reactive ketones (excluding diaryl/α,β-unsaturated/α-hetero) is 1. The number of carbonyl (C=O) groups is 2. The highest BCUT2D eigenvalue weighted by atomic mass is 35.5. The summed E-state index contributed by atoms with van der Waals surface area (Å²) < 4.78 is 6.05. The second kappa shape index (κ2) is 9.90. The number of nitrogens with zero attached hydrogens (tertiary/aromatic N) is 3. The highest BCUT2D eigenvalue weighted by Gasteiger charge is 2.26. The van der Waals surface area contributed by atoms with Crippen LogP contribution in [0.3, 0.4) is 0 Å². The number of nitrogen functional groups attached to an aromatic ring is 1. The fourth-order valence-electron chi connectivity index (χ4n) is 3.46. The molecule has 1 saturated heterocycles. The van der Waals surface area contributed by atoms with Gasteiger partial charge in [-0.15, -0.1) is 0 Å². The Labute approximate surface area is 183 Å². The molecule has 1 aliphatic heterocycles. The minimum atomic E-state index is -0.809. The number of aromatic amines is 1. The first-order chi connectivity index (χ1) is 14.8. The van der Waals surface area contributed by atoms with Gasteiger partial charge in [-0.25, -0.2) is 4.79 Å². The van der Waals surface area contributed by atoms with Crippen LogP contribution in [0.25, 0.3) is 0 Å². The number of hydrogen-bond donors (Lipinski definition) is 2. The second-order valence-corrected chi connectivity index (χ2v) is 7.60. The molecular formula is C20H24ClN5O5. The number of halogens is 1. The van der Waals surface area contributed by atoms with Crippen molar-refractivity contribution in [3.8, 4) is 0 Å². The van der Waals surface area contributed by atoms with Gasteiger partial charge in [-0.05, 0) is 18.2 Å². The van der Waals surface area contributed by atoms with Crippen LogP contribution in [0, 0.1) is 0 Å². The van der Waals surface area contributed by atoms with E-state index >= 15 is 0 Å². The number of amides is 1. The molecule has 0 aliphatic carbocycles. The molecule has 2 heterocycles. The minimum absolute atomic E-state index is 0.0467. The third-order valence-electron chi connectivity index (χ3n) is 5.14. The van der Waals surface area contributed by atoms with Crippen molar-refractivity contribution in [1.82, 2.24) is 19.4 Å². The summed E-state index contributed by atoms with van der Waals surface area (Å²) in [4.78, 5) is 55.3. The Morgan fingerprint density at radius 3 is 2.55 bits per heavy atom. The normalized spacial score (nSPS) is 14.6. The highest BCUT2D eigenvalue weighted by Crippen LogP contribution is 2.15. The number of benzene rings is 1. The zero-order valence-corrected chi connectivity index (χ0v) is 17.9. The first-order valence-electron chi connectivity index (χ1n) is 9.73. The number of rotatable bonds is 7. The van der Waals surface area contributed by atoms with Crippen molar-refractivity contribution in [3.05, 3.63) is 61.3 Å². The monoisotopic (exact) mass is 449 g/mol. The average molecular weight is 450 g/mol. The second-order valence-electron chi connectivity index (χ2n) is 7.17. The molecule has 0 atom stereocenters. The molecule has 0 unspecified atom stereocenters. The van der Waals surface area contributed by atoms with E-state index in [9.17, 15) is 19.2 Å². The lowest BCUT2D eigenvalue weighted by Gasteiger charge is -2.34. The van der Waals surface area contributed by atoms with Crippen molar-refractivity contribution in [1.29, 1.82) is 0 Å². The molecule has 1 amide bonds. The topological polar surface area (TPSA) is 131 Å². The maximum atomic E-state index is 12.8. The van der Waals surface area contributed by atoms with E-state index in [1.54, 1.807) is 29.2 Å². The molecule has 1 aromatic carbocycles. The molecule has 0 saturated carbocycles. The Kier molecular flexibility index (Phi) is 7.26. The molecule has 3 N–H and O–H groups in total. The van der Waals surface area contributed by atoms with E-state index in [4.69, 9.17) is 22.1 Å². The maximum Gasteiger partial charge on any atom is 0.330 e. The summed E-state index contributed by atoms with van der Waals surface area (Å²) in [5.74, 6) is -0.788. The Balaban J connectivity index is 1.66. The van der Waals surface area contributed by atoms with E-state index in [-0.39, 0.29) is 37.0 Å². The SMILES string of the molecule is COCCn1c(N)c(C(=O)CN2CCN(C(=O)c3cccc(Cl)c3)CC2)c(=O)[nH]c1=O. The lowest BCUT2D eigenvalue weighted by atomic mass is 10.1. The smallest absolute Gasteiger partial charge is 0.330 e. The van der Waals surface area contributed by atoms with E-state index in [1.165, 1.54) is 7.11 Å². The third kappa shape index (κ3) is 5.22. The van der Waals surface area contributed by atoms with E-state index < -0.39 is 17.0 Å². The molecule has 10 nitrogen and oxygen atoms in total. The summed E-state index contributed by atoms with van der Waals surface area (Å²) in [6.45, 7) is 2.04. The number of hydrogen-bond acceptors (Lipinski definition) is 7. The Morgan fingerprint density at radius 2 is 1.90 bits per heavy atom. The van der Waals surface area contributed by atoms with Gasteiger partial charge in [0.1, 0.15) is 11.4 Å². The molecule has 3 rings (SSSR count). The number of ketones is 1. The molecule has 0 radical (unpaired) electrons. The van der Waals surface area contributed by atoms with Gasteiger partial charge in [0.05, 0.1) is 19.7 Å². The number of methoxy groups -OCH3 is 1. The van der Waals surface area contributed by atoms with Gasteiger partial charge in [0.15, 0.2) is 5.78 Å². The zero-order valence-electron chi connectivity index (χ0n) is 17.1. The van der Waals surface area contributed by atoms with Crippen LogP contribution in [0.4, 0.5) is 5.82 Å². The molecule has 1 fully saturated rings. The van der Waals surface area contributed by atoms with Crippen molar-refractivity contribution in [2.24, 2.45) is 0 Å². The van der Waals surface area contributed by atoms with Crippen molar-refractivity contribution in [3.63, 3.8) is 0 Å². The number of piperazine rings is 1. The van der Waals surface area contributed by atoms with Crippen LogP contribution >= 0.6 is 11.6 Å². The largest absolute Gasteiger partial charge is 0.384 e. The number of nitrogens with two attached hydrogens (primary N) is 1. The van der Waals surface area contributed by atoms with Crippen molar-refractivity contribution < 1.29 is 14.3 Å². The molecule has 31 heavy (non-hydrogen) atoms. The predicted octanol–water partition coefficient (Wildman–Crippen LogP) is 0.0593. The summed E-state index contributed by atoms with van der Waals surface area (Å²) >= 11 is 5.96. The van der Waals surface area contributed by atoms with Crippen LogP contribution in [-0.2, 0) is 11.3 Å². The standard InChI is InChI=1S/C20H24ClN5O5/c1-31-10-9-26-17(22)16(18(28)23-20(26)30)15(27)12-24-5-7-25(8-6-24)19(29)13-3-2-4-14(21)11-13/h2-4,11H,5-10,12,22H2,1H3,(H,23,28,30). The van der Waals surface area contributed by atoms with Gasteiger partial charge in [0.2, 0.25) is 0 Å². The number of anilines is 1. The van der Waals surface area contributed by atoms with Crippen LogP contribution < -0.4 is 17.0 Å².